The zero-order valence-electron chi connectivity index (χ0n) is 3.70. The molecule has 0 unspecified atom stereocenters. The highest BCUT2D eigenvalue weighted by molar-refractivity contribution is 5.69. The first kappa shape index (κ1) is 4.26. The second-order valence-electron chi connectivity index (χ2n) is 1.18. The van der Waals surface area contributed by atoms with Crippen LogP contribution in [0.5, 0.6) is 0 Å². The van der Waals surface area contributed by atoms with E-state index >= 15 is 0 Å². The van der Waals surface area contributed by atoms with Crippen molar-refractivity contribution in [2.45, 2.75) is 0 Å². The molecule has 0 saturated heterocycles. The van der Waals surface area contributed by atoms with E-state index in [4.69, 9.17) is 5.84 Å². The molecule has 1 aliphatic heterocycles. The van der Waals surface area contributed by atoms with E-state index in [1.807, 2.05) is 0 Å². The molecule has 0 aromatic heterocycles. The van der Waals surface area contributed by atoms with Crippen molar-refractivity contribution in [1.82, 2.24) is 5.01 Å². The summed E-state index contributed by atoms with van der Waals surface area (Å²) in [6.45, 7) is 0.545. The second-order valence-corrected chi connectivity index (χ2v) is 1.18. The Kier molecular flexibility index (Phi) is 1.04. The first-order chi connectivity index (χ1) is 3.39. The third kappa shape index (κ3) is 0.972. The van der Waals surface area contributed by atoms with Gasteiger partial charge in [0.05, 0.1) is 6.34 Å². The summed E-state index contributed by atoms with van der Waals surface area (Å²) in [6.07, 6.45) is 2.94. The molecule has 4 nitrogen and oxygen atoms in total. The zero-order valence-corrected chi connectivity index (χ0v) is 3.70. The van der Waals surface area contributed by atoms with Crippen LogP contribution in [0.1, 0.15) is 0 Å². The van der Waals surface area contributed by atoms with Crippen molar-refractivity contribution < 1.29 is 0 Å². The van der Waals surface area contributed by atoms with Gasteiger partial charge in [0.1, 0.15) is 0 Å². The molecule has 7 heavy (non-hydrogen) atoms. The van der Waals surface area contributed by atoms with Gasteiger partial charge >= 0.3 is 0 Å². The van der Waals surface area contributed by atoms with Gasteiger partial charge in [-0.15, -0.1) is 5.10 Å². The highest BCUT2D eigenvalue weighted by Gasteiger charge is 1.82. The Morgan fingerprint density at radius 1 is 1.57 bits per heavy atom. The van der Waals surface area contributed by atoms with Crippen molar-refractivity contribution in [1.29, 1.82) is 0 Å². The van der Waals surface area contributed by atoms with Gasteiger partial charge in [0.2, 0.25) is 0 Å². The van der Waals surface area contributed by atoms with E-state index in [2.05, 4.69) is 10.2 Å². The number of hydrogen-bond donors (Lipinski definition) is 0. The lowest BCUT2D eigenvalue weighted by Crippen LogP contribution is -2.16. The largest absolute Gasteiger partial charge is 0.582 e. The Morgan fingerprint density at radius 3 is 2.71 bits per heavy atom. The molecule has 0 aromatic carbocycles. The molecule has 0 bridgehead atoms. The predicted octanol–water partition coefficient (Wildman–Crippen LogP) is 0.283. The smallest absolute Gasteiger partial charge is 0.0966 e. The van der Waals surface area contributed by atoms with Crippen molar-refractivity contribution in [3.05, 3.63) is 5.84 Å². The molecule has 1 rings (SSSR count). The van der Waals surface area contributed by atoms with Crippen molar-refractivity contribution in [2.24, 2.45) is 10.2 Å². The van der Waals surface area contributed by atoms with Gasteiger partial charge in [-0.1, -0.05) is 0 Å². The van der Waals surface area contributed by atoms with Gasteiger partial charge in [-0.3, -0.25) is 0 Å². The fourth-order valence-electron chi connectivity index (χ4n) is 0.311. The van der Waals surface area contributed by atoms with E-state index in [0.717, 1.165) is 0 Å². The Balaban J connectivity index is 2.49. The fraction of sp³-hybridized carbons (Fsp3) is 0.333. The minimum atomic E-state index is 0.545. The third-order valence-corrected chi connectivity index (χ3v) is 0.618. The Labute approximate surface area is 41.3 Å². The second kappa shape index (κ2) is 1.70. The van der Waals surface area contributed by atoms with Gasteiger partial charge in [-0.05, 0) is 0 Å². The van der Waals surface area contributed by atoms with Gasteiger partial charge in [0.15, 0.2) is 0 Å². The molecule has 0 saturated carbocycles. The van der Waals surface area contributed by atoms with Crippen LogP contribution in [0, 0.1) is 0 Å². The quantitative estimate of drug-likeness (QED) is 0.428. The Hall–Kier alpha value is -0.900. The first-order valence-corrected chi connectivity index (χ1v) is 1.92. The van der Waals surface area contributed by atoms with Crippen molar-refractivity contribution in [3.63, 3.8) is 0 Å². The summed E-state index contributed by atoms with van der Waals surface area (Å²) in [5.41, 5.74) is 0. The van der Waals surface area contributed by atoms with E-state index < -0.39 is 0 Å². The van der Waals surface area contributed by atoms with Gasteiger partial charge in [0.25, 0.3) is 0 Å². The average molecular weight is 97.1 g/mol. The summed E-state index contributed by atoms with van der Waals surface area (Å²) >= 11 is 0. The Bertz CT molecular complexity index is 106. The normalized spacial score (nSPS) is 18.1. The van der Waals surface area contributed by atoms with Crippen LogP contribution in [0.4, 0.5) is 0 Å². The summed E-state index contributed by atoms with van der Waals surface area (Å²) in [5.74, 6) is 6.86. The molecule has 0 spiro atoms. The maximum absolute atomic E-state index is 6.86. The van der Waals surface area contributed by atoms with Gasteiger partial charge < -0.3 is 10.9 Å². The van der Waals surface area contributed by atoms with Gasteiger partial charge in [0, 0.05) is 12.8 Å². The van der Waals surface area contributed by atoms with Crippen LogP contribution in [0.15, 0.2) is 10.2 Å². The lowest BCUT2D eigenvalue weighted by Gasteiger charge is -2.21. The molecule has 0 amide bonds. The SMILES string of the molecule is [NH-]N1C=NN=CC1. The lowest BCUT2D eigenvalue weighted by molar-refractivity contribution is 0.656. The molecule has 0 aromatic rings. The number of nitrogens with zero attached hydrogens (tertiary/aromatic N) is 3. The molecule has 1 heterocycles. The van der Waals surface area contributed by atoms with Crippen molar-refractivity contribution >= 4 is 12.6 Å². The Morgan fingerprint density at radius 2 is 2.43 bits per heavy atom. The van der Waals surface area contributed by atoms with Crippen molar-refractivity contribution in [3.8, 4) is 0 Å². The van der Waals surface area contributed by atoms with E-state index in [0.29, 0.717) is 6.54 Å². The van der Waals surface area contributed by atoms with Gasteiger partial charge in [-0.25, -0.2) is 0 Å². The predicted molar refractivity (Wildman–Crippen MR) is 28.0 cm³/mol. The molecule has 0 radical (unpaired) electrons. The molecule has 38 valence electrons. The summed E-state index contributed by atoms with van der Waals surface area (Å²) < 4.78 is 0. The van der Waals surface area contributed by atoms with Gasteiger partial charge in [-0.2, -0.15) is 5.10 Å². The first-order valence-electron chi connectivity index (χ1n) is 1.92. The van der Waals surface area contributed by atoms with Crippen LogP contribution >= 0.6 is 0 Å². The topological polar surface area (TPSA) is 51.8 Å². The number of hydrogen-bond acceptors (Lipinski definition) is 3. The highest BCUT2D eigenvalue weighted by atomic mass is 15.4. The van der Waals surface area contributed by atoms with Crippen molar-refractivity contribution in [2.75, 3.05) is 6.54 Å². The number of nitrogens with one attached hydrogen (secondary N) is 1. The van der Waals surface area contributed by atoms with Crippen LogP contribution in [0.3, 0.4) is 0 Å². The zero-order chi connectivity index (χ0) is 5.11. The van der Waals surface area contributed by atoms with E-state index in [-0.39, 0.29) is 0 Å². The number of rotatable bonds is 0. The molecule has 0 fully saturated rings. The molecule has 4 heteroatoms. The summed E-state index contributed by atoms with van der Waals surface area (Å²) in [7, 11) is 0. The molecule has 1 N–H and O–H groups in total. The van der Waals surface area contributed by atoms with Crippen LogP contribution in [0.25, 0.3) is 5.84 Å². The third-order valence-electron chi connectivity index (χ3n) is 0.618. The molecule has 0 aliphatic carbocycles. The average Bonchev–Trinajstić information content (AvgIpc) is 1.69. The fourth-order valence-corrected chi connectivity index (χ4v) is 0.311. The van der Waals surface area contributed by atoms with E-state index in [1.54, 1.807) is 6.21 Å². The molecular weight excluding hydrogens is 92.1 g/mol. The molecule has 0 atom stereocenters. The van der Waals surface area contributed by atoms with E-state index in [9.17, 15) is 0 Å². The summed E-state index contributed by atoms with van der Waals surface area (Å²) in [5, 5.41) is 8.15. The maximum atomic E-state index is 6.86. The monoisotopic (exact) mass is 97.1 g/mol. The van der Waals surface area contributed by atoms with Crippen LogP contribution in [-0.2, 0) is 0 Å². The van der Waals surface area contributed by atoms with Crippen LogP contribution in [0.2, 0.25) is 0 Å². The lowest BCUT2D eigenvalue weighted by atomic mass is 10.7. The molecular formula is C3H5N4-. The van der Waals surface area contributed by atoms with Crippen LogP contribution < -0.4 is 0 Å². The van der Waals surface area contributed by atoms with E-state index in [1.165, 1.54) is 11.3 Å². The van der Waals surface area contributed by atoms with Crippen LogP contribution in [-0.4, -0.2) is 24.1 Å². The standard InChI is InChI=1S/C3H5N4/c4-7-2-1-5-6-3-7/h1,3-4H,2H2/q-1. The summed E-state index contributed by atoms with van der Waals surface area (Å²) in [4.78, 5) is 0. The maximum Gasteiger partial charge on any atom is 0.0966 e. The highest BCUT2D eigenvalue weighted by Crippen LogP contribution is 1.84. The summed E-state index contributed by atoms with van der Waals surface area (Å²) in [6, 6.07) is 0. The minimum Gasteiger partial charge on any atom is -0.582 e. The minimum absolute atomic E-state index is 0.545. The molecule has 1 aliphatic rings.